The number of carbonyl (C=O) groups excluding carboxylic acids is 3. The summed E-state index contributed by atoms with van der Waals surface area (Å²) in [4.78, 5) is 56.0. The molecule has 2 fully saturated rings. The lowest BCUT2D eigenvalue weighted by Crippen LogP contribution is -2.62. The van der Waals surface area contributed by atoms with E-state index in [1.165, 1.54) is 18.1 Å². The molecule has 2 atom stereocenters. The number of benzene rings is 2. The van der Waals surface area contributed by atoms with Gasteiger partial charge in [0.05, 0.1) is 23.8 Å². The maximum absolute atomic E-state index is 15.1. The number of rotatable bonds is 10. The molecule has 284 valence electrons. The van der Waals surface area contributed by atoms with Crippen molar-refractivity contribution in [1.29, 1.82) is 0 Å². The molecule has 12 heteroatoms. The summed E-state index contributed by atoms with van der Waals surface area (Å²) in [7, 11) is 0. The van der Waals surface area contributed by atoms with Crippen molar-refractivity contribution < 1.29 is 23.9 Å². The zero-order chi connectivity index (χ0) is 37.6. The van der Waals surface area contributed by atoms with Crippen molar-refractivity contribution in [2.75, 3.05) is 26.2 Å². The molecule has 54 heavy (non-hydrogen) atoms. The Morgan fingerprint density at radius 2 is 1.67 bits per heavy atom. The van der Waals surface area contributed by atoms with Gasteiger partial charge in [-0.05, 0) is 92.3 Å². The van der Waals surface area contributed by atoms with Crippen LogP contribution in [0.5, 0.6) is 0 Å². The molecule has 2 aliphatic carbocycles. The van der Waals surface area contributed by atoms with Gasteiger partial charge in [0.25, 0.3) is 0 Å². The minimum Gasteiger partial charge on any atom is -0.463 e. The van der Waals surface area contributed by atoms with Gasteiger partial charge in [-0.25, -0.2) is 9.78 Å². The Kier molecular flexibility index (Phi) is 11.9. The number of hydrogen-bond acceptors (Lipinski definition) is 8. The summed E-state index contributed by atoms with van der Waals surface area (Å²) in [6.45, 7) is 6.15. The largest absolute Gasteiger partial charge is 0.463 e. The van der Waals surface area contributed by atoms with Crippen molar-refractivity contribution in [3.05, 3.63) is 118 Å². The highest BCUT2D eigenvalue weighted by Crippen LogP contribution is 2.38. The molecule has 1 unspecified atom stereocenters. The van der Waals surface area contributed by atoms with Gasteiger partial charge in [-0.15, -0.1) is 0 Å². The molecule has 0 radical (unpaired) electrons. The van der Waals surface area contributed by atoms with E-state index >= 15 is 4.79 Å². The number of amides is 2. The van der Waals surface area contributed by atoms with Crippen molar-refractivity contribution in [2.45, 2.75) is 96.2 Å². The number of carbonyl (C=O) groups is 3. The monoisotopic (exact) mass is 752 g/mol. The molecule has 2 amide bonds. The normalized spacial score (nSPS) is 21.4. The number of hydrogen-bond donors (Lipinski definition) is 0. The van der Waals surface area contributed by atoms with Crippen LogP contribution in [0.15, 0.2) is 79.4 Å². The first kappa shape index (κ1) is 37.6. The molecular weight excluding hydrogens is 704 g/mol. The second-order valence-electron chi connectivity index (χ2n) is 14.7. The highest BCUT2D eigenvalue weighted by Gasteiger charge is 2.43. The first-order valence-electron chi connectivity index (χ1n) is 19.1. The number of nitrogens with zero attached hydrogens (tertiary/aromatic N) is 6. The number of piperazine rings is 1. The number of fused-ring (bicyclic) bond motifs is 2. The summed E-state index contributed by atoms with van der Waals surface area (Å²) in [5.41, 5.74) is 6.40. The van der Waals surface area contributed by atoms with Gasteiger partial charge < -0.3 is 18.9 Å². The van der Waals surface area contributed by atoms with Gasteiger partial charge in [0, 0.05) is 63.6 Å². The second-order valence-corrected chi connectivity index (χ2v) is 15.2. The fraction of sp³-hybridized carbons (Fsp3) is 0.452. The van der Waals surface area contributed by atoms with Crippen molar-refractivity contribution >= 4 is 29.6 Å². The molecule has 2 aromatic carbocycles. The standard InChI is InChI=1S/C42H49ClN6O5/c1-29-25-46(28-45-29)20-7-21-48(26-31-8-4-3-5-9-31)41(51)38-27-47(22-23-49(38)42(52)54-36-16-14-35(15-17-36)53-30(2)50)40-37-18-13-34(43)24-33(37)12-11-32-10-6-19-44-39(32)40/h3-6,8-10,13,18-19,24-25,28,35-36,38,40H,7,11-12,14-17,20-23,26-27H2,1-2H3/t35?,36?,38-,40?/m1/s1. The smallest absolute Gasteiger partial charge is 0.410 e. The van der Waals surface area contributed by atoms with Crippen molar-refractivity contribution in [3.8, 4) is 0 Å². The van der Waals surface area contributed by atoms with Gasteiger partial charge in [0.1, 0.15) is 18.2 Å². The number of imidazole rings is 1. The van der Waals surface area contributed by atoms with Gasteiger partial charge >= 0.3 is 12.1 Å². The molecule has 3 heterocycles. The summed E-state index contributed by atoms with van der Waals surface area (Å²) < 4.78 is 13.6. The third-order valence-electron chi connectivity index (χ3n) is 10.9. The van der Waals surface area contributed by atoms with E-state index in [0.29, 0.717) is 70.0 Å². The molecule has 0 N–H and O–H groups in total. The number of aromatic nitrogens is 3. The van der Waals surface area contributed by atoms with Crippen LogP contribution in [0, 0.1) is 6.92 Å². The number of pyridine rings is 1. The van der Waals surface area contributed by atoms with Gasteiger partial charge in [0.15, 0.2) is 0 Å². The van der Waals surface area contributed by atoms with Crippen LogP contribution in [0.1, 0.15) is 78.7 Å². The molecule has 3 aliphatic rings. The lowest BCUT2D eigenvalue weighted by Gasteiger charge is -2.45. The zero-order valence-corrected chi connectivity index (χ0v) is 31.9. The quantitative estimate of drug-likeness (QED) is 0.168. The summed E-state index contributed by atoms with van der Waals surface area (Å²) in [6.07, 6.45) is 9.54. The zero-order valence-electron chi connectivity index (χ0n) is 31.1. The fourth-order valence-electron chi connectivity index (χ4n) is 8.25. The molecule has 1 aliphatic heterocycles. The SMILES string of the molecule is CC(=O)OC1CCC(OC(=O)N2CCN(C3c4ccc(Cl)cc4CCc4cccnc43)C[C@@H]2C(=O)N(CCCn2cnc(C)c2)Cc2ccccc2)CC1. The lowest BCUT2D eigenvalue weighted by molar-refractivity contribution is -0.148. The lowest BCUT2D eigenvalue weighted by atomic mass is 9.94. The Hall–Kier alpha value is -4.74. The minimum absolute atomic E-state index is 0.118. The molecule has 7 rings (SSSR count). The maximum Gasteiger partial charge on any atom is 0.410 e. The van der Waals surface area contributed by atoms with E-state index < -0.39 is 12.1 Å². The summed E-state index contributed by atoms with van der Waals surface area (Å²) in [5.74, 6) is -0.417. The molecule has 0 bridgehead atoms. The first-order chi connectivity index (χ1) is 26.2. The summed E-state index contributed by atoms with van der Waals surface area (Å²) in [6, 6.07) is 19.2. The average molecular weight is 753 g/mol. The molecule has 2 aromatic heterocycles. The second kappa shape index (κ2) is 17.2. The number of ether oxygens (including phenoxy) is 2. The van der Waals surface area contributed by atoms with Crippen molar-refractivity contribution in [2.24, 2.45) is 0 Å². The van der Waals surface area contributed by atoms with Gasteiger partial charge in [-0.2, -0.15) is 0 Å². The van der Waals surface area contributed by atoms with E-state index in [1.54, 1.807) is 4.90 Å². The average Bonchev–Trinajstić information content (AvgIpc) is 3.52. The highest BCUT2D eigenvalue weighted by atomic mass is 35.5. The van der Waals surface area contributed by atoms with E-state index in [2.05, 4.69) is 22.0 Å². The van der Waals surface area contributed by atoms with E-state index in [-0.39, 0.29) is 30.1 Å². The third-order valence-corrected chi connectivity index (χ3v) is 11.1. The van der Waals surface area contributed by atoms with Crippen LogP contribution in [0.25, 0.3) is 0 Å². The summed E-state index contributed by atoms with van der Waals surface area (Å²) in [5, 5.41) is 0.691. The van der Waals surface area contributed by atoms with Crippen LogP contribution in [-0.4, -0.2) is 91.6 Å². The van der Waals surface area contributed by atoms with Crippen LogP contribution in [0.3, 0.4) is 0 Å². The molecule has 1 saturated heterocycles. The topological polar surface area (TPSA) is 110 Å². The molecular formula is C42H49ClN6O5. The Labute approximate surface area is 322 Å². The fourth-order valence-corrected chi connectivity index (χ4v) is 8.45. The molecule has 4 aromatic rings. The van der Waals surface area contributed by atoms with Crippen molar-refractivity contribution in [1.82, 2.24) is 29.2 Å². The number of halogens is 1. The van der Waals surface area contributed by atoms with Crippen LogP contribution in [-0.2, 0) is 45.0 Å². The maximum atomic E-state index is 15.1. The van der Waals surface area contributed by atoms with E-state index in [0.717, 1.165) is 41.8 Å². The molecule has 0 spiro atoms. The van der Waals surface area contributed by atoms with E-state index in [1.807, 2.05) is 83.6 Å². The van der Waals surface area contributed by atoms with Crippen LogP contribution in [0.4, 0.5) is 4.79 Å². The van der Waals surface area contributed by atoms with Crippen LogP contribution < -0.4 is 0 Å². The Morgan fingerprint density at radius 3 is 2.41 bits per heavy atom. The minimum atomic E-state index is -0.797. The summed E-state index contributed by atoms with van der Waals surface area (Å²) >= 11 is 6.52. The molecule has 1 saturated carbocycles. The highest BCUT2D eigenvalue weighted by molar-refractivity contribution is 6.30. The number of aryl methyl sites for hydroxylation is 4. The van der Waals surface area contributed by atoms with E-state index in [4.69, 9.17) is 26.1 Å². The van der Waals surface area contributed by atoms with E-state index in [9.17, 15) is 9.59 Å². The Balaban J connectivity index is 1.18. The predicted octanol–water partition coefficient (Wildman–Crippen LogP) is 6.54. The van der Waals surface area contributed by atoms with Gasteiger partial charge in [0.2, 0.25) is 5.91 Å². The Morgan fingerprint density at radius 1 is 0.907 bits per heavy atom. The first-order valence-corrected chi connectivity index (χ1v) is 19.5. The van der Waals surface area contributed by atoms with Crippen LogP contribution >= 0.6 is 11.6 Å². The third kappa shape index (κ3) is 8.96. The number of esters is 1. The van der Waals surface area contributed by atoms with Gasteiger partial charge in [-0.3, -0.25) is 24.4 Å². The van der Waals surface area contributed by atoms with Crippen molar-refractivity contribution in [3.63, 3.8) is 0 Å². The van der Waals surface area contributed by atoms with Gasteiger partial charge in [-0.1, -0.05) is 54.1 Å². The molecule has 11 nitrogen and oxygen atoms in total. The van der Waals surface area contributed by atoms with Crippen LogP contribution in [0.2, 0.25) is 5.02 Å². The predicted molar refractivity (Wildman–Crippen MR) is 205 cm³/mol. The Bertz CT molecular complexity index is 1930.